The topological polar surface area (TPSA) is 15.3 Å². The first-order valence-electron chi connectivity index (χ1n) is 7.38. The van der Waals surface area contributed by atoms with Crippen molar-refractivity contribution in [3.63, 3.8) is 0 Å². The van der Waals surface area contributed by atoms with E-state index in [4.69, 9.17) is 0 Å². The Labute approximate surface area is 124 Å². The zero-order valence-corrected chi connectivity index (χ0v) is 13.4. The SMILES string of the molecule is CNCC1CC2CCC(C1)N2c1ccc(C)cc1Br. The van der Waals surface area contributed by atoms with Crippen molar-refractivity contribution in [2.24, 2.45) is 5.92 Å². The number of hydrogen-bond acceptors (Lipinski definition) is 2. The van der Waals surface area contributed by atoms with Crippen molar-refractivity contribution in [3.8, 4) is 0 Å². The third-order valence-corrected chi connectivity index (χ3v) is 5.34. The molecule has 1 aromatic rings. The zero-order valence-electron chi connectivity index (χ0n) is 11.8. The summed E-state index contributed by atoms with van der Waals surface area (Å²) >= 11 is 3.76. The summed E-state index contributed by atoms with van der Waals surface area (Å²) < 4.78 is 1.26. The number of nitrogens with one attached hydrogen (secondary N) is 1. The van der Waals surface area contributed by atoms with E-state index in [1.54, 1.807) is 0 Å². The fraction of sp³-hybridized carbons (Fsp3) is 0.625. The normalized spacial score (nSPS) is 29.8. The van der Waals surface area contributed by atoms with Crippen LogP contribution in [0.2, 0.25) is 0 Å². The highest BCUT2D eigenvalue weighted by Crippen LogP contribution is 2.43. The minimum absolute atomic E-state index is 0.746. The molecule has 0 aliphatic carbocycles. The van der Waals surface area contributed by atoms with E-state index in [1.165, 1.54) is 48.0 Å². The maximum Gasteiger partial charge on any atom is 0.0515 e. The van der Waals surface area contributed by atoms with E-state index < -0.39 is 0 Å². The van der Waals surface area contributed by atoms with Crippen molar-refractivity contribution in [3.05, 3.63) is 28.2 Å². The van der Waals surface area contributed by atoms with Gasteiger partial charge < -0.3 is 10.2 Å². The van der Waals surface area contributed by atoms with E-state index in [0.29, 0.717) is 0 Å². The third-order valence-electron chi connectivity index (χ3n) is 4.70. The Morgan fingerprint density at radius 3 is 2.53 bits per heavy atom. The second kappa shape index (κ2) is 5.45. The molecule has 2 saturated heterocycles. The number of anilines is 1. The molecule has 3 heteroatoms. The highest BCUT2D eigenvalue weighted by atomic mass is 79.9. The standard InChI is InChI=1S/C16H23BrN2/c1-11-3-6-16(15(17)7-11)19-13-4-5-14(19)9-12(8-13)10-18-2/h3,6-7,12-14,18H,4-5,8-10H2,1-2H3. The lowest BCUT2D eigenvalue weighted by Crippen LogP contribution is -2.45. The van der Waals surface area contributed by atoms with Gasteiger partial charge in [-0.05, 0) is 85.7 Å². The van der Waals surface area contributed by atoms with Gasteiger partial charge in [-0.2, -0.15) is 0 Å². The number of hydrogen-bond donors (Lipinski definition) is 1. The van der Waals surface area contributed by atoms with Crippen LogP contribution in [-0.4, -0.2) is 25.7 Å². The number of piperidine rings is 1. The highest BCUT2D eigenvalue weighted by molar-refractivity contribution is 9.10. The van der Waals surface area contributed by atoms with Gasteiger partial charge in [-0.1, -0.05) is 6.07 Å². The summed E-state index contributed by atoms with van der Waals surface area (Å²) in [6, 6.07) is 8.27. The summed E-state index contributed by atoms with van der Waals surface area (Å²) in [5.41, 5.74) is 2.73. The fourth-order valence-electron chi connectivity index (χ4n) is 3.96. The fourth-order valence-corrected chi connectivity index (χ4v) is 4.66. The van der Waals surface area contributed by atoms with E-state index in [2.05, 4.69) is 58.3 Å². The van der Waals surface area contributed by atoms with Crippen LogP contribution >= 0.6 is 15.9 Å². The van der Waals surface area contributed by atoms with Crippen molar-refractivity contribution in [1.82, 2.24) is 5.32 Å². The Morgan fingerprint density at radius 1 is 1.26 bits per heavy atom. The molecule has 3 rings (SSSR count). The molecule has 2 atom stereocenters. The van der Waals surface area contributed by atoms with Gasteiger partial charge in [-0.3, -0.25) is 0 Å². The molecule has 2 bridgehead atoms. The summed E-state index contributed by atoms with van der Waals surface area (Å²) in [5, 5.41) is 3.35. The Kier molecular flexibility index (Phi) is 3.86. The molecule has 104 valence electrons. The molecule has 2 aliphatic rings. The largest absolute Gasteiger partial charge is 0.365 e. The predicted octanol–water partition coefficient (Wildman–Crippen LogP) is 3.72. The van der Waals surface area contributed by atoms with E-state index in [-0.39, 0.29) is 0 Å². The van der Waals surface area contributed by atoms with Gasteiger partial charge in [-0.15, -0.1) is 0 Å². The van der Waals surface area contributed by atoms with Gasteiger partial charge >= 0.3 is 0 Å². The quantitative estimate of drug-likeness (QED) is 0.912. The van der Waals surface area contributed by atoms with Crippen LogP contribution in [0.15, 0.2) is 22.7 Å². The molecule has 1 N–H and O–H groups in total. The van der Waals surface area contributed by atoms with E-state index in [0.717, 1.165) is 18.0 Å². The van der Waals surface area contributed by atoms with Crippen LogP contribution < -0.4 is 10.2 Å². The monoisotopic (exact) mass is 322 g/mol. The highest BCUT2D eigenvalue weighted by Gasteiger charge is 2.40. The van der Waals surface area contributed by atoms with Crippen molar-refractivity contribution in [2.75, 3.05) is 18.5 Å². The van der Waals surface area contributed by atoms with Gasteiger partial charge in [0.2, 0.25) is 0 Å². The average molecular weight is 323 g/mol. The van der Waals surface area contributed by atoms with Crippen molar-refractivity contribution < 1.29 is 0 Å². The van der Waals surface area contributed by atoms with Crippen LogP contribution in [0.25, 0.3) is 0 Å². The van der Waals surface area contributed by atoms with Gasteiger partial charge in [0.05, 0.1) is 5.69 Å². The van der Waals surface area contributed by atoms with Gasteiger partial charge in [0.15, 0.2) is 0 Å². The molecule has 2 unspecified atom stereocenters. The maximum atomic E-state index is 3.76. The third kappa shape index (κ3) is 2.55. The molecule has 0 amide bonds. The molecular formula is C16H23BrN2. The lowest BCUT2D eigenvalue weighted by atomic mass is 9.90. The summed E-state index contributed by atoms with van der Waals surface area (Å²) in [5.74, 6) is 0.864. The van der Waals surface area contributed by atoms with E-state index in [1.807, 2.05) is 0 Å². The molecular weight excluding hydrogens is 300 g/mol. The molecule has 2 nitrogen and oxygen atoms in total. The molecule has 0 saturated carbocycles. The average Bonchev–Trinajstić information content (AvgIpc) is 2.63. The molecule has 1 aromatic carbocycles. The predicted molar refractivity (Wildman–Crippen MR) is 84.8 cm³/mol. The maximum absolute atomic E-state index is 3.76. The second-order valence-corrected chi connectivity index (χ2v) is 7.00. The second-order valence-electron chi connectivity index (χ2n) is 6.14. The summed E-state index contributed by atoms with van der Waals surface area (Å²) in [6.07, 6.45) is 5.42. The molecule has 2 heterocycles. The number of halogens is 1. The van der Waals surface area contributed by atoms with Crippen LogP contribution in [0.3, 0.4) is 0 Å². The Morgan fingerprint density at radius 2 is 1.95 bits per heavy atom. The van der Waals surface area contributed by atoms with Crippen molar-refractivity contribution >= 4 is 21.6 Å². The molecule has 2 aliphatic heterocycles. The lowest BCUT2D eigenvalue weighted by Gasteiger charge is -2.41. The first-order chi connectivity index (χ1) is 9.19. The first kappa shape index (κ1) is 13.4. The smallest absolute Gasteiger partial charge is 0.0515 e. The first-order valence-corrected chi connectivity index (χ1v) is 8.17. The molecule has 19 heavy (non-hydrogen) atoms. The van der Waals surface area contributed by atoms with Crippen LogP contribution in [0.5, 0.6) is 0 Å². The van der Waals surface area contributed by atoms with Gasteiger partial charge in [0, 0.05) is 16.6 Å². The van der Waals surface area contributed by atoms with Gasteiger partial charge in [0.1, 0.15) is 0 Å². The minimum Gasteiger partial charge on any atom is -0.365 e. The lowest BCUT2D eigenvalue weighted by molar-refractivity contribution is 0.332. The van der Waals surface area contributed by atoms with E-state index in [9.17, 15) is 0 Å². The van der Waals surface area contributed by atoms with Crippen molar-refractivity contribution in [1.29, 1.82) is 0 Å². The number of rotatable bonds is 3. The Balaban J connectivity index is 1.83. The number of nitrogens with zero attached hydrogens (tertiary/aromatic N) is 1. The van der Waals surface area contributed by atoms with Crippen LogP contribution in [0.1, 0.15) is 31.2 Å². The Bertz CT molecular complexity index is 446. The van der Waals surface area contributed by atoms with Crippen LogP contribution in [0, 0.1) is 12.8 Å². The molecule has 0 radical (unpaired) electrons. The van der Waals surface area contributed by atoms with Gasteiger partial charge in [0.25, 0.3) is 0 Å². The summed E-state index contributed by atoms with van der Waals surface area (Å²) in [4.78, 5) is 2.69. The summed E-state index contributed by atoms with van der Waals surface area (Å²) in [6.45, 7) is 3.33. The molecule has 0 spiro atoms. The van der Waals surface area contributed by atoms with Crippen LogP contribution in [-0.2, 0) is 0 Å². The number of aryl methyl sites for hydroxylation is 1. The van der Waals surface area contributed by atoms with E-state index >= 15 is 0 Å². The van der Waals surface area contributed by atoms with Crippen molar-refractivity contribution in [2.45, 2.75) is 44.7 Å². The zero-order chi connectivity index (χ0) is 13.4. The van der Waals surface area contributed by atoms with Gasteiger partial charge in [-0.25, -0.2) is 0 Å². The number of fused-ring (bicyclic) bond motifs is 2. The minimum atomic E-state index is 0.746. The number of benzene rings is 1. The Hall–Kier alpha value is -0.540. The molecule has 0 aromatic heterocycles. The van der Waals surface area contributed by atoms with Crippen LogP contribution in [0.4, 0.5) is 5.69 Å². The molecule has 2 fully saturated rings. The summed E-state index contributed by atoms with van der Waals surface area (Å²) in [7, 11) is 2.07.